The molecule has 0 aliphatic heterocycles. The summed E-state index contributed by atoms with van der Waals surface area (Å²) in [4.78, 5) is 0. The van der Waals surface area contributed by atoms with Gasteiger partial charge < -0.3 is 18.9 Å². The standard InChI is InChI=1S/C20H42O4/c1-3-5-7-8-9-10-11-12-14-22-16-18-24-20-19-23-17-15-21-13-6-4-2/h3-20H2,1-2H3. The Bertz CT molecular complexity index is 190. The van der Waals surface area contributed by atoms with Gasteiger partial charge in [-0.1, -0.05) is 65.2 Å². The van der Waals surface area contributed by atoms with Crippen LogP contribution >= 0.6 is 0 Å². The van der Waals surface area contributed by atoms with E-state index in [1.807, 2.05) is 0 Å². The van der Waals surface area contributed by atoms with E-state index in [0.29, 0.717) is 39.6 Å². The Morgan fingerprint density at radius 1 is 0.333 bits per heavy atom. The van der Waals surface area contributed by atoms with E-state index in [1.54, 1.807) is 0 Å². The molecule has 24 heavy (non-hydrogen) atoms. The number of hydrogen-bond donors (Lipinski definition) is 0. The summed E-state index contributed by atoms with van der Waals surface area (Å²) < 4.78 is 21.9. The van der Waals surface area contributed by atoms with Crippen LogP contribution in [0.2, 0.25) is 0 Å². The minimum absolute atomic E-state index is 0.634. The van der Waals surface area contributed by atoms with Crippen molar-refractivity contribution in [2.45, 2.75) is 78.1 Å². The molecular weight excluding hydrogens is 304 g/mol. The van der Waals surface area contributed by atoms with E-state index in [4.69, 9.17) is 18.9 Å². The summed E-state index contributed by atoms with van der Waals surface area (Å²) >= 11 is 0. The minimum atomic E-state index is 0.634. The summed E-state index contributed by atoms with van der Waals surface area (Å²) in [6.45, 7) is 10.1. The Balaban J connectivity index is 2.93. The first-order valence-electron chi connectivity index (χ1n) is 10.2. The largest absolute Gasteiger partial charge is 0.379 e. The Morgan fingerprint density at radius 3 is 1.12 bits per heavy atom. The molecule has 0 aromatic rings. The topological polar surface area (TPSA) is 36.9 Å². The van der Waals surface area contributed by atoms with Crippen molar-refractivity contribution in [3.8, 4) is 0 Å². The molecule has 0 amide bonds. The molecule has 0 aromatic heterocycles. The van der Waals surface area contributed by atoms with Gasteiger partial charge in [0.25, 0.3) is 0 Å². The molecule has 4 nitrogen and oxygen atoms in total. The molecule has 0 bridgehead atoms. The second-order valence-electron chi connectivity index (χ2n) is 6.28. The number of hydrogen-bond acceptors (Lipinski definition) is 4. The van der Waals surface area contributed by atoms with Gasteiger partial charge in [0.05, 0.1) is 39.6 Å². The van der Waals surface area contributed by atoms with Crippen LogP contribution in [-0.4, -0.2) is 52.9 Å². The maximum absolute atomic E-state index is 5.58. The summed E-state index contributed by atoms with van der Waals surface area (Å²) in [6.07, 6.45) is 13.0. The average molecular weight is 347 g/mol. The van der Waals surface area contributed by atoms with Crippen LogP contribution in [-0.2, 0) is 18.9 Å². The quantitative estimate of drug-likeness (QED) is 0.274. The molecule has 0 unspecified atom stereocenters. The maximum atomic E-state index is 5.58. The van der Waals surface area contributed by atoms with Crippen LogP contribution in [0.1, 0.15) is 78.1 Å². The molecule has 0 heterocycles. The molecule has 0 saturated carbocycles. The fourth-order valence-corrected chi connectivity index (χ4v) is 2.35. The molecule has 146 valence electrons. The van der Waals surface area contributed by atoms with E-state index in [0.717, 1.165) is 19.6 Å². The van der Waals surface area contributed by atoms with Crippen LogP contribution in [0.15, 0.2) is 0 Å². The first-order valence-corrected chi connectivity index (χ1v) is 10.2. The Labute approximate surface area is 150 Å². The van der Waals surface area contributed by atoms with Gasteiger partial charge in [0.15, 0.2) is 0 Å². The van der Waals surface area contributed by atoms with E-state index in [1.165, 1.54) is 57.8 Å². The van der Waals surface area contributed by atoms with Crippen molar-refractivity contribution in [2.75, 3.05) is 52.9 Å². The Morgan fingerprint density at radius 2 is 0.667 bits per heavy atom. The summed E-state index contributed by atoms with van der Waals surface area (Å²) in [7, 11) is 0. The monoisotopic (exact) mass is 346 g/mol. The van der Waals surface area contributed by atoms with Crippen LogP contribution in [0, 0.1) is 0 Å². The van der Waals surface area contributed by atoms with E-state index < -0.39 is 0 Å². The van der Waals surface area contributed by atoms with Gasteiger partial charge in [-0.3, -0.25) is 0 Å². The van der Waals surface area contributed by atoms with Crippen molar-refractivity contribution in [1.82, 2.24) is 0 Å². The molecule has 0 fully saturated rings. The van der Waals surface area contributed by atoms with Crippen molar-refractivity contribution >= 4 is 0 Å². The van der Waals surface area contributed by atoms with E-state index in [2.05, 4.69) is 13.8 Å². The second-order valence-corrected chi connectivity index (χ2v) is 6.28. The molecule has 0 saturated heterocycles. The van der Waals surface area contributed by atoms with Crippen LogP contribution in [0.25, 0.3) is 0 Å². The normalized spacial score (nSPS) is 11.2. The van der Waals surface area contributed by atoms with Crippen LogP contribution in [0.5, 0.6) is 0 Å². The second kappa shape index (κ2) is 22.8. The molecular formula is C20H42O4. The maximum Gasteiger partial charge on any atom is 0.0701 e. The predicted molar refractivity (Wildman–Crippen MR) is 101 cm³/mol. The van der Waals surface area contributed by atoms with E-state index in [9.17, 15) is 0 Å². The molecule has 0 radical (unpaired) electrons. The van der Waals surface area contributed by atoms with Gasteiger partial charge in [-0.25, -0.2) is 0 Å². The number of unbranched alkanes of at least 4 members (excludes halogenated alkanes) is 8. The first-order chi connectivity index (χ1) is 11.9. The van der Waals surface area contributed by atoms with Crippen molar-refractivity contribution in [3.05, 3.63) is 0 Å². The van der Waals surface area contributed by atoms with Crippen LogP contribution in [0.4, 0.5) is 0 Å². The zero-order chi connectivity index (χ0) is 17.6. The molecule has 0 aromatic carbocycles. The third-order valence-corrected chi connectivity index (χ3v) is 3.90. The van der Waals surface area contributed by atoms with Crippen LogP contribution < -0.4 is 0 Å². The lowest BCUT2D eigenvalue weighted by molar-refractivity contribution is -0.00238. The van der Waals surface area contributed by atoms with E-state index in [-0.39, 0.29) is 0 Å². The van der Waals surface area contributed by atoms with Crippen molar-refractivity contribution in [3.63, 3.8) is 0 Å². The third-order valence-electron chi connectivity index (χ3n) is 3.90. The molecule has 4 heteroatoms. The zero-order valence-corrected chi connectivity index (χ0v) is 16.4. The summed E-state index contributed by atoms with van der Waals surface area (Å²) in [5, 5.41) is 0. The fraction of sp³-hybridized carbons (Fsp3) is 1.00. The highest BCUT2D eigenvalue weighted by atomic mass is 16.6. The Hall–Kier alpha value is -0.160. The van der Waals surface area contributed by atoms with Crippen LogP contribution in [0.3, 0.4) is 0 Å². The van der Waals surface area contributed by atoms with Gasteiger partial charge in [0.1, 0.15) is 0 Å². The lowest BCUT2D eigenvalue weighted by Gasteiger charge is -2.07. The summed E-state index contributed by atoms with van der Waals surface area (Å²) in [6, 6.07) is 0. The molecule has 0 N–H and O–H groups in total. The lowest BCUT2D eigenvalue weighted by atomic mass is 10.1. The smallest absolute Gasteiger partial charge is 0.0701 e. The van der Waals surface area contributed by atoms with Crippen molar-refractivity contribution in [1.29, 1.82) is 0 Å². The summed E-state index contributed by atoms with van der Waals surface area (Å²) in [5.74, 6) is 0. The molecule has 0 spiro atoms. The highest BCUT2D eigenvalue weighted by Gasteiger charge is 1.94. The van der Waals surface area contributed by atoms with Gasteiger partial charge in [0, 0.05) is 13.2 Å². The first kappa shape index (κ1) is 23.8. The van der Waals surface area contributed by atoms with Gasteiger partial charge in [-0.15, -0.1) is 0 Å². The Kier molecular flexibility index (Phi) is 22.7. The number of ether oxygens (including phenoxy) is 4. The molecule has 0 aliphatic rings. The average Bonchev–Trinajstić information content (AvgIpc) is 2.60. The zero-order valence-electron chi connectivity index (χ0n) is 16.4. The highest BCUT2D eigenvalue weighted by molar-refractivity contribution is 4.46. The SMILES string of the molecule is CCCCCCCCCCOCCOCCOCCOCCCC. The predicted octanol–water partition coefficient (Wildman–Crippen LogP) is 4.99. The van der Waals surface area contributed by atoms with Crippen molar-refractivity contribution in [2.24, 2.45) is 0 Å². The van der Waals surface area contributed by atoms with Gasteiger partial charge in [-0.2, -0.15) is 0 Å². The molecule has 0 rings (SSSR count). The minimum Gasteiger partial charge on any atom is -0.379 e. The fourth-order valence-electron chi connectivity index (χ4n) is 2.35. The third kappa shape index (κ3) is 21.8. The summed E-state index contributed by atoms with van der Waals surface area (Å²) in [5.41, 5.74) is 0. The molecule has 0 aliphatic carbocycles. The van der Waals surface area contributed by atoms with Gasteiger partial charge >= 0.3 is 0 Å². The molecule has 0 atom stereocenters. The lowest BCUT2D eigenvalue weighted by Crippen LogP contribution is -2.12. The highest BCUT2D eigenvalue weighted by Crippen LogP contribution is 2.08. The van der Waals surface area contributed by atoms with E-state index >= 15 is 0 Å². The van der Waals surface area contributed by atoms with Gasteiger partial charge in [-0.05, 0) is 12.8 Å². The van der Waals surface area contributed by atoms with Crippen molar-refractivity contribution < 1.29 is 18.9 Å². The van der Waals surface area contributed by atoms with Gasteiger partial charge in [0.2, 0.25) is 0 Å². The number of rotatable bonds is 21.